The van der Waals surface area contributed by atoms with E-state index in [2.05, 4.69) is 27.6 Å². The number of aromatic nitrogens is 2. The van der Waals surface area contributed by atoms with Crippen LogP contribution in [0.15, 0.2) is 54.9 Å². The van der Waals surface area contributed by atoms with Crippen LogP contribution in [-0.4, -0.2) is 17.4 Å². The fourth-order valence-corrected chi connectivity index (χ4v) is 4.05. The van der Waals surface area contributed by atoms with Crippen molar-refractivity contribution in [2.24, 2.45) is 0 Å². The molecule has 0 atom stereocenters. The highest BCUT2D eigenvalue weighted by atomic mass is 127. The van der Waals surface area contributed by atoms with Gasteiger partial charge in [0.05, 0.1) is 5.75 Å². The van der Waals surface area contributed by atoms with E-state index in [0.717, 1.165) is 14.5 Å². The smallest absolute Gasteiger partial charge is 0.237 e. The summed E-state index contributed by atoms with van der Waals surface area (Å²) < 4.78 is 27.3. The second-order valence-corrected chi connectivity index (χ2v) is 7.39. The second kappa shape index (κ2) is 5.17. The van der Waals surface area contributed by atoms with E-state index < -0.39 is 10.0 Å². The van der Waals surface area contributed by atoms with Gasteiger partial charge in [-0.1, -0.05) is 30.3 Å². The molecule has 0 amide bonds. The summed E-state index contributed by atoms with van der Waals surface area (Å²) in [6, 6.07) is 12.8. The summed E-state index contributed by atoms with van der Waals surface area (Å²) >= 11 is 2.18. The Labute approximate surface area is 130 Å². The SMILES string of the molecule is O=S(=O)(Cc1ccccc1)n1ccc2c(I)ccnc21. The van der Waals surface area contributed by atoms with Crippen molar-refractivity contribution in [1.29, 1.82) is 0 Å². The van der Waals surface area contributed by atoms with Crippen LogP contribution in [0.25, 0.3) is 11.0 Å². The first-order valence-electron chi connectivity index (χ1n) is 5.97. The Hall–Kier alpha value is -1.41. The van der Waals surface area contributed by atoms with Crippen LogP contribution in [-0.2, 0) is 15.8 Å². The third-order valence-corrected chi connectivity index (χ3v) is 5.53. The minimum absolute atomic E-state index is 0.0369. The van der Waals surface area contributed by atoms with E-state index in [-0.39, 0.29) is 5.75 Å². The molecule has 6 heteroatoms. The molecule has 0 aliphatic carbocycles. The van der Waals surface area contributed by atoms with Gasteiger partial charge in [0.25, 0.3) is 0 Å². The van der Waals surface area contributed by atoms with Crippen LogP contribution in [0.1, 0.15) is 5.56 Å². The Morgan fingerprint density at radius 3 is 2.60 bits per heavy atom. The highest BCUT2D eigenvalue weighted by molar-refractivity contribution is 14.1. The van der Waals surface area contributed by atoms with Gasteiger partial charge in [0.1, 0.15) is 0 Å². The Kier molecular flexibility index (Phi) is 3.51. The Morgan fingerprint density at radius 2 is 1.85 bits per heavy atom. The Morgan fingerprint density at radius 1 is 1.10 bits per heavy atom. The molecule has 0 aliphatic rings. The zero-order valence-corrected chi connectivity index (χ0v) is 13.4. The van der Waals surface area contributed by atoms with E-state index in [4.69, 9.17) is 0 Å². The van der Waals surface area contributed by atoms with Gasteiger partial charge in [-0.05, 0) is 40.3 Å². The molecule has 2 heterocycles. The van der Waals surface area contributed by atoms with Gasteiger partial charge in [-0.15, -0.1) is 0 Å². The monoisotopic (exact) mass is 398 g/mol. The summed E-state index contributed by atoms with van der Waals surface area (Å²) in [5, 5.41) is 0.852. The van der Waals surface area contributed by atoms with Crippen LogP contribution in [0.4, 0.5) is 0 Å². The van der Waals surface area contributed by atoms with Crippen LogP contribution in [0.2, 0.25) is 0 Å². The molecule has 102 valence electrons. The first-order chi connectivity index (χ1) is 9.58. The molecule has 0 aliphatic heterocycles. The van der Waals surface area contributed by atoms with E-state index >= 15 is 0 Å². The standard InChI is InChI=1S/C14H11IN2O2S/c15-13-6-8-16-14-12(13)7-9-17(14)20(18,19)10-11-4-2-1-3-5-11/h1-9H,10H2. The Balaban J connectivity index is 2.08. The van der Waals surface area contributed by atoms with Gasteiger partial charge >= 0.3 is 0 Å². The maximum atomic E-state index is 12.5. The molecule has 0 spiro atoms. The average Bonchev–Trinajstić information content (AvgIpc) is 2.85. The molecule has 3 aromatic rings. The summed E-state index contributed by atoms with van der Waals surface area (Å²) in [6.45, 7) is 0. The van der Waals surface area contributed by atoms with Gasteiger partial charge in [-0.3, -0.25) is 0 Å². The predicted octanol–water partition coefficient (Wildman–Crippen LogP) is 3.02. The summed E-state index contributed by atoms with van der Waals surface area (Å²) in [6.07, 6.45) is 3.19. The number of fused-ring (bicyclic) bond motifs is 1. The van der Waals surface area contributed by atoms with E-state index in [1.165, 1.54) is 3.97 Å². The third-order valence-electron chi connectivity index (χ3n) is 2.99. The van der Waals surface area contributed by atoms with E-state index in [9.17, 15) is 8.42 Å². The van der Waals surface area contributed by atoms with Crippen LogP contribution in [0.3, 0.4) is 0 Å². The summed E-state index contributed by atoms with van der Waals surface area (Å²) in [5.41, 5.74) is 1.24. The molecular formula is C14H11IN2O2S. The molecular weight excluding hydrogens is 387 g/mol. The van der Waals surface area contributed by atoms with Crippen LogP contribution in [0, 0.1) is 3.57 Å². The zero-order valence-electron chi connectivity index (χ0n) is 10.4. The summed E-state index contributed by atoms with van der Waals surface area (Å²) in [5.74, 6) is -0.0369. The van der Waals surface area contributed by atoms with Crippen molar-refractivity contribution in [2.45, 2.75) is 5.75 Å². The molecule has 4 nitrogen and oxygen atoms in total. The minimum Gasteiger partial charge on any atom is -0.237 e. The van der Waals surface area contributed by atoms with Gasteiger partial charge in [-0.25, -0.2) is 17.4 Å². The van der Waals surface area contributed by atoms with Crippen molar-refractivity contribution >= 4 is 43.6 Å². The van der Waals surface area contributed by atoms with Gasteiger partial charge in [0.2, 0.25) is 10.0 Å². The van der Waals surface area contributed by atoms with Crippen molar-refractivity contribution in [1.82, 2.24) is 8.96 Å². The third kappa shape index (κ3) is 2.45. The normalized spacial score (nSPS) is 11.8. The number of rotatable bonds is 3. The molecule has 0 fully saturated rings. The molecule has 3 rings (SSSR count). The Bertz CT molecular complexity index is 857. The minimum atomic E-state index is -3.46. The van der Waals surface area contributed by atoms with Crippen molar-refractivity contribution in [2.75, 3.05) is 0 Å². The van der Waals surface area contributed by atoms with Gasteiger partial charge in [0, 0.05) is 21.4 Å². The molecule has 0 bridgehead atoms. The van der Waals surface area contributed by atoms with Crippen molar-refractivity contribution in [3.63, 3.8) is 0 Å². The first-order valence-corrected chi connectivity index (χ1v) is 8.65. The summed E-state index contributed by atoms with van der Waals surface area (Å²) in [4.78, 5) is 4.19. The first kappa shape index (κ1) is 13.6. The van der Waals surface area contributed by atoms with Crippen LogP contribution < -0.4 is 0 Å². The molecule has 1 aromatic carbocycles. The highest BCUT2D eigenvalue weighted by Gasteiger charge is 2.18. The number of hydrogen-bond acceptors (Lipinski definition) is 3. The molecule has 0 radical (unpaired) electrons. The number of halogens is 1. The maximum Gasteiger partial charge on any atom is 0.244 e. The quantitative estimate of drug-likeness (QED) is 0.638. The fourth-order valence-electron chi connectivity index (χ4n) is 2.06. The van der Waals surface area contributed by atoms with Crippen molar-refractivity contribution in [3.8, 4) is 0 Å². The van der Waals surface area contributed by atoms with Crippen LogP contribution in [0.5, 0.6) is 0 Å². The number of pyridine rings is 1. The number of nitrogens with zero attached hydrogens (tertiary/aromatic N) is 2. The molecule has 0 unspecified atom stereocenters. The van der Waals surface area contributed by atoms with E-state index in [1.54, 1.807) is 30.6 Å². The predicted molar refractivity (Wildman–Crippen MR) is 86.9 cm³/mol. The zero-order chi connectivity index (χ0) is 14.2. The highest BCUT2D eigenvalue weighted by Crippen LogP contribution is 2.22. The lowest BCUT2D eigenvalue weighted by atomic mass is 10.2. The average molecular weight is 398 g/mol. The van der Waals surface area contributed by atoms with Gasteiger partial charge in [-0.2, -0.15) is 0 Å². The van der Waals surface area contributed by atoms with Crippen molar-refractivity contribution in [3.05, 3.63) is 64.0 Å². The fraction of sp³-hybridized carbons (Fsp3) is 0.0714. The number of hydrogen-bond donors (Lipinski definition) is 0. The second-order valence-electron chi connectivity index (χ2n) is 4.38. The molecule has 0 N–H and O–H groups in total. The lowest BCUT2D eigenvalue weighted by Crippen LogP contribution is -2.14. The van der Waals surface area contributed by atoms with Gasteiger partial charge in [0.15, 0.2) is 5.65 Å². The topological polar surface area (TPSA) is 52.0 Å². The van der Waals surface area contributed by atoms with Crippen molar-refractivity contribution < 1.29 is 8.42 Å². The molecule has 2 aromatic heterocycles. The number of benzene rings is 1. The van der Waals surface area contributed by atoms with Gasteiger partial charge < -0.3 is 0 Å². The van der Waals surface area contributed by atoms with Crippen LogP contribution >= 0.6 is 22.6 Å². The van der Waals surface area contributed by atoms with E-state index in [0.29, 0.717) is 5.65 Å². The molecule has 0 saturated heterocycles. The summed E-state index contributed by atoms with van der Waals surface area (Å²) in [7, 11) is -3.46. The lowest BCUT2D eigenvalue weighted by molar-refractivity contribution is 0.588. The maximum absolute atomic E-state index is 12.5. The lowest BCUT2D eigenvalue weighted by Gasteiger charge is -2.07. The van der Waals surface area contributed by atoms with E-state index in [1.807, 2.05) is 24.3 Å². The molecule has 0 saturated carbocycles. The molecule has 20 heavy (non-hydrogen) atoms. The largest absolute Gasteiger partial charge is 0.244 e.